The number of benzene rings is 1. The first kappa shape index (κ1) is 30.2. The number of Topliss-reactive ketones (excluding diaryl/α,β-unsaturated/α-hetero) is 1. The van der Waals surface area contributed by atoms with E-state index in [1.165, 1.54) is 23.1 Å². The lowest BCUT2D eigenvalue weighted by molar-refractivity contribution is -0.133. The second kappa shape index (κ2) is 13.1. The van der Waals surface area contributed by atoms with Crippen LogP contribution in [0.3, 0.4) is 0 Å². The van der Waals surface area contributed by atoms with Gasteiger partial charge in [0.1, 0.15) is 23.8 Å². The summed E-state index contributed by atoms with van der Waals surface area (Å²) in [7, 11) is 0. The van der Waals surface area contributed by atoms with Crippen molar-refractivity contribution in [2.45, 2.75) is 65.5 Å². The molecule has 0 bridgehead atoms. The van der Waals surface area contributed by atoms with E-state index in [0.717, 1.165) is 23.8 Å². The maximum atomic E-state index is 13.7. The molecule has 1 aliphatic carbocycles. The highest BCUT2D eigenvalue weighted by molar-refractivity contribution is 6.48. The number of aromatic nitrogens is 2. The number of nitrogen functional groups attached to an aromatic ring is 1. The zero-order valence-corrected chi connectivity index (χ0v) is 23.4. The van der Waals surface area contributed by atoms with Crippen molar-refractivity contribution in [2.24, 2.45) is 0 Å². The molecular weight excluding hydrogens is 512 g/mol. The van der Waals surface area contributed by atoms with E-state index >= 15 is 0 Å². The van der Waals surface area contributed by atoms with Crippen LogP contribution < -0.4 is 11.3 Å². The Labute approximate surface area is 233 Å². The number of allylic oxidation sites excluding steroid dienone is 3. The Hall–Kier alpha value is -4.34. The average Bonchev–Trinajstić information content (AvgIpc) is 2.89. The molecule has 0 unspecified atom stereocenters. The molecule has 0 saturated carbocycles. The maximum Gasteiger partial charge on any atom is 0.348 e. The van der Waals surface area contributed by atoms with Crippen molar-refractivity contribution in [1.29, 1.82) is 0 Å². The number of ketones is 2. The molecule has 10 nitrogen and oxygen atoms in total. The van der Waals surface area contributed by atoms with Crippen molar-refractivity contribution >= 4 is 29.3 Å². The quantitative estimate of drug-likeness (QED) is 0.195. The summed E-state index contributed by atoms with van der Waals surface area (Å²) in [5, 5.41) is 0. The van der Waals surface area contributed by atoms with Gasteiger partial charge in [0.25, 0.3) is 5.56 Å². The Bertz CT molecular complexity index is 1400. The van der Waals surface area contributed by atoms with E-state index in [1.807, 2.05) is 0 Å². The van der Waals surface area contributed by atoms with E-state index in [-0.39, 0.29) is 23.8 Å². The van der Waals surface area contributed by atoms with Crippen molar-refractivity contribution < 1.29 is 23.9 Å². The number of carbonyl (C=O) groups is 4. The Morgan fingerprint density at radius 3 is 2.40 bits per heavy atom. The van der Waals surface area contributed by atoms with Crippen LogP contribution in [0.5, 0.6) is 0 Å². The van der Waals surface area contributed by atoms with Gasteiger partial charge in [0.2, 0.25) is 17.5 Å². The van der Waals surface area contributed by atoms with Gasteiger partial charge in [0.15, 0.2) is 5.56 Å². The lowest BCUT2D eigenvalue weighted by Crippen LogP contribution is -2.42. The topological polar surface area (TPSA) is 142 Å². The second-order valence-corrected chi connectivity index (χ2v) is 10.6. The lowest BCUT2D eigenvalue weighted by Gasteiger charge is -2.25. The molecule has 0 aliphatic heterocycles. The number of esters is 1. The summed E-state index contributed by atoms with van der Waals surface area (Å²) in [6.45, 7) is 6.81. The molecule has 1 aromatic heterocycles. The van der Waals surface area contributed by atoms with Gasteiger partial charge >= 0.3 is 5.97 Å². The number of nitrogens with zero attached hydrogens (tertiary/aromatic N) is 3. The highest BCUT2D eigenvalue weighted by atomic mass is 16.6. The average molecular weight is 549 g/mol. The zero-order valence-electron chi connectivity index (χ0n) is 23.4. The van der Waals surface area contributed by atoms with Crippen LogP contribution >= 0.6 is 0 Å². The number of ether oxygens (including phenoxy) is 1. The summed E-state index contributed by atoms with van der Waals surface area (Å²) in [5.74, 6) is -2.93. The summed E-state index contributed by atoms with van der Waals surface area (Å²) in [6.07, 6.45) is 7.70. The molecular formula is C30H36N4O6. The van der Waals surface area contributed by atoms with Crippen molar-refractivity contribution in [3.63, 3.8) is 0 Å². The van der Waals surface area contributed by atoms with E-state index in [4.69, 9.17) is 10.5 Å². The van der Waals surface area contributed by atoms with Gasteiger partial charge in [0, 0.05) is 24.2 Å². The molecule has 212 valence electrons. The first-order valence-corrected chi connectivity index (χ1v) is 13.4. The first-order valence-electron chi connectivity index (χ1n) is 13.4. The van der Waals surface area contributed by atoms with Gasteiger partial charge in [-0.25, -0.2) is 9.78 Å². The normalized spacial score (nSPS) is 13.2. The van der Waals surface area contributed by atoms with E-state index in [0.29, 0.717) is 18.5 Å². The molecule has 0 saturated heterocycles. The van der Waals surface area contributed by atoms with Crippen molar-refractivity contribution in [3.05, 3.63) is 70.1 Å². The fourth-order valence-corrected chi connectivity index (χ4v) is 4.19. The molecule has 40 heavy (non-hydrogen) atoms. The SMILES string of the molecule is CCCCCCN(CC1=CC=CC(=O)C1=O)C(=O)Cn1c(-c2ccccc2)nc(N)c(C(=O)OC(C)(C)C)c1=O. The Morgan fingerprint density at radius 2 is 1.75 bits per heavy atom. The lowest BCUT2D eigenvalue weighted by atomic mass is 10.0. The number of anilines is 1. The molecule has 0 fully saturated rings. The Morgan fingerprint density at radius 1 is 1.05 bits per heavy atom. The number of rotatable bonds is 11. The van der Waals surface area contributed by atoms with Gasteiger partial charge in [-0.15, -0.1) is 0 Å². The second-order valence-electron chi connectivity index (χ2n) is 10.6. The van der Waals surface area contributed by atoms with Gasteiger partial charge < -0.3 is 15.4 Å². The van der Waals surface area contributed by atoms with E-state index < -0.39 is 46.7 Å². The summed E-state index contributed by atoms with van der Waals surface area (Å²) < 4.78 is 6.49. The van der Waals surface area contributed by atoms with E-state index in [1.54, 1.807) is 51.1 Å². The molecule has 0 spiro atoms. The van der Waals surface area contributed by atoms with Crippen molar-refractivity contribution in [3.8, 4) is 11.4 Å². The van der Waals surface area contributed by atoms with Crippen molar-refractivity contribution in [2.75, 3.05) is 18.8 Å². The summed E-state index contributed by atoms with van der Waals surface area (Å²) in [5.41, 5.74) is 4.62. The predicted octanol–water partition coefficient (Wildman–Crippen LogP) is 3.49. The third kappa shape index (κ3) is 7.62. The van der Waals surface area contributed by atoms with Crippen LogP contribution in [0.2, 0.25) is 0 Å². The van der Waals surface area contributed by atoms with Crippen LogP contribution in [-0.2, 0) is 25.7 Å². The van der Waals surface area contributed by atoms with Crippen LogP contribution in [0.15, 0.2) is 58.9 Å². The smallest absolute Gasteiger partial charge is 0.348 e. The molecule has 0 atom stereocenters. The molecule has 10 heteroatoms. The molecule has 1 aromatic carbocycles. The largest absolute Gasteiger partial charge is 0.456 e. The van der Waals surface area contributed by atoms with Crippen LogP contribution in [0.25, 0.3) is 11.4 Å². The van der Waals surface area contributed by atoms with E-state index in [9.17, 15) is 24.0 Å². The number of hydrogen-bond donors (Lipinski definition) is 1. The van der Waals surface area contributed by atoms with Crippen LogP contribution in [0.1, 0.15) is 63.7 Å². The number of hydrogen-bond acceptors (Lipinski definition) is 8. The fourth-order valence-electron chi connectivity index (χ4n) is 4.19. The van der Waals surface area contributed by atoms with Crippen LogP contribution in [0, 0.1) is 0 Å². The Kier molecular flexibility index (Phi) is 9.93. The highest BCUT2D eigenvalue weighted by Crippen LogP contribution is 2.21. The third-order valence-electron chi connectivity index (χ3n) is 6.18. The zero-order chi connectivity index (χ0) is 29.4. The molecule has 2 aromatic rings. The number of carbonyl (C=O) groups excluding carboxylic acids is 4. The molecule has 1 aliphatic rings. The minimum Gasteiger partial charge on any atom is -0.456 e. The van der Waals surface area contributed by atoms with Gasteiger partial charge in [-0.05, 0) is 33.3 Å². The molecule has 0 radical (unpaired) electrons. The highest BCUT2D eigenvalue weighted by Gasteiger charge is 2.29. The molecule has 2 N–H and O–H groups in total. The van der Waals surface area contributed by atoms with Crippen LogP contribution in [0.4, 0.5) is 5.82 Å². The van der Waals surface area contributed by atoms with Gasteiger partial charge in [-0.1, -0.05) is 68.7 Å². The van der Waals surface area contributed by atoms with Crippen molar-refractivity contribution in [1.82, 2.24) is 14.5 Å². The predicted molar refractivity (Wildman–Crippen MR) is 151 cm³/mol. The minimum atomic E-state index is -0.942. The number of nitrogens with two attached hydrogens (primary N) is 1. The monoisotopic (exact) mass is 548 g/mol. The number of amides is 1. The van der Waals surface area contributed by atoms with Gasteiger partial charge in [-0.3, -0.25) is 23.7 Å². The molecule has 1 heterocycles. The number of unbranched alkanes of at least 4 members (excludes halogenated alkanes) is 3. The van der Waals surface area contributed by atoms with Gasteiger partial charge in [0.05, 0.1) is 0 Å². The van der Waals surface area contributed by atoms with E-state index in [2.05, 4.69) is 11.9 Å². The third-order valence-corrected chi connectivity index (χ3v) is 6.18. The van der Waals surface area contributed by atoms with Crippen LogP contribution in [-0.4, -0.2) is 56.6 Å². The summed E-state index contributed by atoms with van der Waals surface area (Å²) in [4.78, 5) is 70.5. The standard InChI is InChI=1S/C30H36N4O6/c1-5-6-7-11-17-33(18-21-15-12-16-22(35)25(21)37)23(36)19-34-27(20-13-9-8-10-14-20)32-26(31)24(28(34)38)29(39)40-30(2,3)4/h8-10,12-16H,5-7,11,17-19,31H2,1-4H3. The minimum absolute atomic E-state index is 0.0867. The maximum absolute atomic E-state index is 13.7. The molecule has 1 amide bonds. The Balaban J connectivity index is 2.04. The van der Waals surface area contributed by atoms with Gasteiger partial charge in [-0.2, -0.15) is 0 Å². The summed E-state index contributed by atoms with van der Waals surface area (Å²) >= 11 is 0. The molecule has 3 rings (SSSR count). The summed E-state index contributed by atoms with van der Waals surface area (Å²) in [6, 6.07) is 8.70. The fraction of sp³-hybridized carbons (Fsp3) is 0.400. The first-order chi connectivity index (χ1) is 18.9.